The molecule has 0 spiro atoms. The summed E-state index contributed by atoms with van der Waals surface area (Å²) in [5.41, 5.74) is 2.63. The molecule has 1 fully saturated rings. The number of thioether (sulfide) groups is 1. The second-order valence-corrected chi connectivity index (χ2v) is 7.93. The molecular formula is C18H24N4O3S. The van der Waals surface area contributed by atoms with Crippen LogP contribution in [0.5, 0.6) is 0 Å². The van der Waals surface area contributed by atoms with E-state index in [0.717, 1.165) is 36.3 Å². The van der Waals surface area contributed by atoms with E-state index in [4.69, 9.17) is 4.74 Å². The van der Waals surface area contributed by atoms with E-state index < -0.39 is 5.25 Å². The van der Waals surface area contributed by atoms with E-state index in [9.17, 15) is 9.59 Å². The molecule has 26 heavy (non-hydrogen) atoms. The molecule has 1 aromatic carbocycles. The fourth-order valence-corrected chi connectivity index (χ4v) is 3.73. The maximum atomic E-state index is 12.6. The van der Waals surface area contributed by atoms with Crippen LogP contribution in [0, 0.1) is 13.8 Å². The Bertz CT molecular complexity index is 839. The van der Waals surface area contributed by atoms with Gasteiger partial charge in [0.1, 0.15) is 0 Å². The number of anilines is 1. The predicted molar refractivity (Wildman–Crippen MR) is 102 cm³/mol. The molecule has 8 heteroatoms. The van der Waals surface area contributed by atoms with Gasteiger partial charge in [-0.05, 0) is 50.8 Å². The molecule has 1 aliphatic heterocycles. The minimum absolute atomic E-state index is 0.0312. The Kier molecular flexibility index (Phi) is 5.83. The molecule has 1 saturated heterocycles. The lowest BCUT2D eigenvalue weighted by Gasteiger charge is -2.15. The van der Waals surface area contributed by atoms with Gasteiger partial charge in [-0.2, -0.15) is 0 Å². The van der Waals surface area contributed by atoms with Crippen LogP contribution >= 0.6 is 11.8 Å². The van der Waals surface area contributed by atoms with Crippen molar-refractivity contribution in [3.8, 4) is 0 Å². The molecule has 1 amide bonds. The van der Waals surface area contributed by atoms with Crippen LogP contribution in [-0.4, -0.2) is 38.6 Å². The van der Waals surface area contributed by atoms with Crippen molar-refractivity contribution < 1.29 is 9.53 Å². The number of hydrogen-bond donors (Lipinski definition) is 2. The van der Waals surface area contributed by atoms with E-state index in [2.05, 4.69) is 15.5 Å². The van der Waals surface area contributed by atoms with Crippen molar-refractivity contribution in [3.63, 3.8) is 0 Å². The zero-order valence-corrected chi connectivity index (χ0v) is 16.1. The standard InChI is InChI=1S/C18H24N4O3S/c1-11-6-7-12(2)15(9-11)19-16(23)13(3)26-18-21-20-17(24)22(18)10-14-5-4-8-25-14/h6-7,9,13-14H,4-5,8,10H2,1-3H3,(H,19,23)(H,20,24)/t13-,14+/m1/s1. The van der Waals surface area contributed by atoms with Crippen molar-refractivity contribution in [1.29, 1.82) is 0 Å². The van der Waals surface area contributed by atoms with Crippen molar-refractivity contribution in [2.24, 2.45) is 0 Å². The van der Waals surface area contributed by atoms with Gasteiger partial charge < -0.3 is 10.1 Å². The topological polar surface area (TPSA) is 89.0 Å². The van der Waals surface area contributed by atoms with Gasteiger partial charge in [0, 0.05) is 12.3 Å². The molecule has 7 nitrogen and oxygen atoms in total. The van der Waals surface area contributed by atoms with Gasteiger partial charge >= 0.3 is 5.69 Å². The summed E-state index contributed by atoms with van der Waals surface area (Å²) in [6.45, 7) is 6.94. The molecule has 2 atom stereocenters. The summed E-state index contributed by atoms with van der Waals surface area (Å²) >= 11 is 1.26. The largest absolute Gasteiger partial charge is 0.376 e. The maximum absolute atomic E-state index is 12.6. The first-order valence-electron chi connectivity index (χ1n) is 8.75. The Balaban J connectivity index is 1.67. The van der Waals surface area contributed by atoms with E-state index in [1.807, 2.05) is 32.0 Å². The number of nitrogens with one attached hydrogen (secondary N) is 2. The number of aromatic amines is 1. The van der Waals surface area contributed by atoms with Gasteiger partial charge in [-0.25, -0.2) is 9.89 Å². The molecule has 1 aromatic heterocycles. The van der Waals surface area contributed by atoms with Gasteiger partial charge in [0.05, 0.1) is 17.9 Å². The van der Waals surface area contributed by atoms with Crippen molar-refractivity contribution >= 4 is 23.4 Å². The monoisotopic (exact) mass is 376 g/mol. The molecule has 2 heterocycles. The fourth-order valence-electron chi connectivity index (χ4n) is 2.86. The highest BCUT2D eigenvalue weighted by Gasteiger charge is 2.23. The van der Waals surface area contributed by atoms with Gasteiger partial charge in [0.15, 0.2) is 5.16 Å². The van der Waals surface area contributed by atoms with Gasteiger partial charge in [-0.1, -0.05) is 23.9 Å². The second kappa shape index (κ2) is 8.09. The molecule has 0 radical (unpaired) electrons. The molecule has 0 unspecified atom stereocenters. The van der Waals surface area contributed by atoms with Crippen LogP contribution in [0.1, 0.15) is 30.9 Å². The van der Waals surface area contributed by atoms with Gasteiger partial charge in [0.2, 0.25) is 5.91 Å². The molecule has 0 aliphatic carbocycles. The molecule has 140 valence electrons. The van der Waals surface area contributed by atoms with Crippen molar-refractivity contribution in [3.05, 3.63) is 39.8 Å². The Morgan fingerprint density at radius 2 is 2.31 bits per heavy atom. The molecule has 2 aromatic rings. The second-order valence-electron chi connectivity index (χ2n) is 6.62. The zero-order valence-electron chi connectivity index (χ0n) is 15.2. The summed E-state index contributed by atoms with van der Waals surface area (Å²) in [4.78, 5) is 24.6. The third-order valence-corrected chi connectivity index (χ3v) is 5.53. The number of aromatic nitrogens is 3. The number of hydrogen-bond acceptors (Lipinski definition) is 5. The third kappa shape index (κ3) is 4.37. The van der Waals surface area contributed by atoms with Crippen LogP contribution in [-0.2, 0) is 16.1 Å². The quantitative estimate of drug-likeness (QED) is 0.756. The van der Waals surface area contributed by atoms with Crippen LogP contribution in [0.3, 0.4) is 0 Å². The van der Waals surface area contributed by atoms with Gasteiger partial charge in [-0.3, -0.25) is 9.36 Å². The number of rotatable bonds is 6. The third-order valence-electron chi connectivity index (χ3n) is 4.44. The normalized spacial score (nSPS) is 18.0. The highest BCUT2D eigenvalue weighted by Crippen LogP contribution is 2.24. The van der Waals surface area contributed by atoms with E-state index in [-0.39, 0.29) is 17.7 Å². The average Bonchev–Trinajstić information content (AvgIpc) is 3.23. The Morgan fingerprint density at radius 1 is 1.50 bits per heavy atom. The lowest BCUT2D eigenvalue weighted by Crippen LogP contribution is -2.27. The number of aryl methyl sites for hydroxylation is 2. The number of carbonyl (C=O) groups excluding carboxylic acids is 1. The predicted octanol–water partition coefficient (Wildman–Crippen LogP) is 2.49. The average molecular weight is 376 g/mol. The Labute approximate surface area is 156 Å². The van der Waals surface area contributed by atoms with Crippen molar-refractivity contribution in [2.75, 3.05) is 11.9 Å². The lowest BCUT2D eigenvalue weighted by atomic mass is 10.1. The molecular weight excluding hydrogens is 352 g/mol. The number of nitrogens with zero attached hydrogens (tertiary/aromatic N) is 2. The lowest BCUT2D eigenvalue weighted by molar-refractivity contribution is -0.115. The van der Waals surface area contributed by atoms with Crippen molar-refractivity contribution in [1.82, 2.24) is 14.8 Å². The smallest absolute Gasteiger partial charge is 0.344 e. The summed E-state index contributed by atoms with van der Waals surface area (Å²) in [5.74, 6) is -0.122. The molecule has 0 bridgehead atoms. The number of H-pyrrole nitrogens is 1. The molecule has 1 aliphatic rings. The minimum atomic E-state index is -0.395. The number of amides is 1. The maximum Gasteiger partial charge on any atom is 0.344 e. The summed E-state index contributed by atoms with van der Waals surface area (Å²) in [5, 5.41) is 9.62. The van der Waals surface area contributed by atoms with E-state index in [1.165, 1.54) is 11.8 Å². The van der Waals surface area contributed by atoms with Crippen LogP contribution in [0.4, 0.5) is 5.69 Å². The molecule has 3 rings (SSSR count). The molecule has 2 N–H and O–H groups in total. The first kappa shape index (κ1) is 18.7. The number of carbonyl (C=O) groups is 1. The highest BCUT2D eigenvalue weighted by atomic mass is 32.2. The SMILES string of the molecule is Cc1ccc(C)c(NC(=O)[C@@H](C)Sc2n[nH]c(=O)n2C[C@@H]2CCCO2)c1. The van der Waals surface area contributed by atoms with Crippen LogP contribution in [0.15, 0.2) is 28.2 Å². The summed E-state index contributed by atoms with van der Waals surface area (Å²) in [6, 6.07) is 5.94. The van der Waals surface area contributed by atoms with Gasteiger partial charge in [-0.15, -0.1) is 5.10 Å². The summed E-state index contributed by atoms with van der Waals surface area (Å²) in [7, 11) is 0. The van der Waals surface area contributed by atoms with Gasteiger partial charge in [0.25, 0.3) is 0 Å². The van der Waals surface area contributed by atoms with Crippen LogP contribution in [0.2, 0.25) is 0 Å². The highest BCUT2D eigenvalue weighted by molar-refractivity contribution is 8.00. The Hall–Kier alpha value is -2.06. The van der Waals surface area contributed by atoms with E-state index in [0.29, 0.717) is 11.7 Å². The van der Waals surface area contributed by atoms with Crippen LogP contribution < -0.4 is 11.0 Å². The summed E-state index contributed by atoms with van der Waals surface area (Å²) in [6.07, 6.45) is 1.97. The number of benzene rings is 1. The number of ether oxygens (including phenoxy) is 1. The zero-order chi connectivity index (χ0) is 18.7. The van der Waals surface area contributed by atoms with E-state index >= 15 is 0 Å². The first-order chi connectivity index (χ1) is 12.4. The minimum Gasteiger partial charge on any atom is -0.376 e. The van der Waals surface area contributed by atoms with Crippen molar-refractivity contribution in [2.45, 2.75) is 56.7 Å². The fraction of sp³-hybridized carbons (Fsp3) is 0.500. The summed E-state index contributed by atoms with van der Waals surface area (Å²) < 4.78 is 7.16. The van der Waals surface area contributed by atoms with E-state index in [1.54, 1.807) is 11.5 Å². The van der Waals surface area contributed by atoms with Crippen LogP contribution in [0.25, 0.3) is 0 Å². The first-order valence-corrected chi connectivity index (χ1v) is 9.63. The Morgan fingerprint density at radius 3 is 3.04 bits per heavy atom. The molecule has 0 saturated carbocycles.